The Morgan fingerprint density at radius 2 is 1.62 bits per heavy atom. The predicted octanol–water partition coefficient (Wildman–Crippen LogP) is 3.84. The van der Waals surface area contributed by atoms with Gasteiger partial charge in [0.15, 0.2) is 0 Å². The standard InChI is InChI=1S/C14H10ClF3N2O4S.C6H15N/c15-9-4-5-12(25(22,23)24)11(7-9)20-13(21)19-10-3-1-2-8(6-10)14(16,17)18;1-4-7(5-2)6-3/h1-7H,(H2,19,20,21)(H,22,23,24);4-6H2,1-3H3. The minimum Gasteiger partial charge on any atom is -0.744 e. The fourth-order valence-electron chi connectivity index (χ4n) is 2.63. The summed E-state index contributed by atoms with van der Waals surface area (Å²) in [6.07, 6.45) is -4.59. The first-order chi connectivity index (χ1) is 14.8. The average molecular weight is 496 g/mol. The predicted molar refractivity (Wildman–Crippen MR) is 116 cm³/mol. The van der Waals surface area contributed by atoms with Crippen LogP contribution in [0.25, 0.3) is 0 Å². The SMILES string of the molecule is CC[NH+](CC)CC.O=C(Nc1cccc(C(F)(F)F)c1)Nc1cc(Cl)ccc1S(=O)(=O)[O-]. The van der Waals surface area contributed by atoms with Crippen LogP contribution >= 0.6 is 11.6 Å². The maximum Gasteiger partial charge on any atom is 0.416 e. The molecule has 7 nitrogen and oxygen atoms in total. The topological polar surface area (TPSA) is 103 Å². The van der Waals surface area contributed by atoms with Crippen molar-refractivity contribution < 1.29 is 35.8 Å². The highest BCUT2D eigenvalue weighted by molar-refractivity contribution is 7.86. The first kappa shape index (κ1) is 27.7. The van der Waals surface area contributed by atoms with E-state index in [-0.39, 0.29) is 10.7 Å². The summed E-state index contributed by atoms with van der Waals surface area (Å²) < 4.78 is 71.4. The third kappa shape index (κ3) is 9.03. The van der Waals surface area contributed by atoms with E-state index < -0.39 is 38.5 Å². The molecule has 0 spiro atoms. The zero-order valence-corrected chi connectivity index (χ0v) is 19.3. The van der Waals surface area contributed by atoms with Crippen molar-refractivity contribution >= 4 is 39.1 Å². The molecule has 0 fully saturated rings. The Bertz CT molecular complexity index is 1010. The number of quaternary nitrogens is 1. The third-order valence-electron chi connectivity index (χ3n) is 4.41. The molecule has 0 atom stereocenters. The molecule has 0 unspecified atom stereocenters. The lowest BCUT2D eigenvalue weighted by Crippen LogP contribution is -3.11. The molecule has 0 saturated carbocycles. The van der Waals surface area contributed by atoms with Gasteiger partial charge in [0.1, 0.15) is 10.1 Å². The lowest BCUT2D eigenvalue weighted by Gasteiger charge is -2.15. The fraction of sp³-hybridized carbons (Fsp3) is 0.350. The van der Waals surface area contributed by atoms with Crippen LogP contribution in [0.5, 0.6) is 0 Å². The third-order valence-corrected chi connectivity index (χ3v) is 5.54. The first-order valence-corrected chi connectivity index (χ1v) is 11.4. The second-order valence-electron chi connectivity index (χ2n) is 6.56. The van der Waals surface area contributed by atoms with Crippen LogP contribution in [0.3, 0.4) is 0 Å². The Morgan fingerprint density at radius 1 is 1.03 bits per heavy atom. The summed E-state index contributed by atoms with van der Waals surface area (Å²) in [6.45, 7) is 10.5. The molecule has 0 heterocycles. The van der Waals surface area contributed by atoms with Gasteiger partial charge in [-0.3, -0.25) is 0 Å². The van der Waals surface area contributed by atoms with Crippen molar-refractivity contribution in [1.82, 2.24) is 0 Å². The number of hydrogen-bond acceptors (Lipinski definition) is 4. The van der Waals surface area contributed by atoms with Crippen LogP contribution < -0.4 is 15.5 Å². The highest BCUT2D eigenvalue weighted by atomic mass is 35.5. The van der Waals surface area contributed by atoms with Crippen LogP contribution in [0.15, 0.2) is 47.4 Å². The molecule has 0 aliphatic carbocycles. The van der Waals surface area contributed by atoms with E-state index in [9.17, 15) is 30.9 Å². The van der Waals surface area contributed by atoms with Crippen molar-refractivity contribution in [3.8, 4) is 0 Å². The van der Waals surface area contributed by atoms with Crippen LogP contribution in [-0.4, -0.2) is 38.6 Å². The van der Waals surface area contributed by atoms with E-state index in [0.717, 1.165) is 30.3 Å². The Labute approximate surface area is 190 Å². The number of alkyl halides is 3. The minimum absolute atomic E-state index is 0.0433. The second kappa shape index (κ2) is 12.0. The molecule has 2 rings (SSSR count). The molecule has 12 heteroatoms. The Morgan fingerprint density at radius 3 is 2.09 bits per heavy atom. The number of hydrogen-bond donors (Lipinski definition) is 3. The van der Waals surface area contributed by atoms with E-state index in [1.165, 1.54) is 25.7 Å². The zero-order valence-electron chi connectivity index (χ0n) is 17.7. The van der Waals surface area contributed by atoms with Crippen molar-refractivity contribution in [1.29, 1.82) is 0 Å². The molecule has 2 aromatic rings. The van der Waals surface area contributed by atoms with E-state index in [1.807, 2.05) is 0 Å². The highest BCUT2D eigenvalue weighted by Gasteiger charge is 2.30. The summed E-state index contributed by atoms with van der Waals surface area (Å²) >= 11 is 5.69. The molecule has 0 aliphatic rings. The van der Waals surface area contributed by atoms with Crippen LogP contribution in [0.1, 0.15) is 26.3 Å². The van der Waals surface area contributed by atoms with Gasteiger partial charge in [0.25, 0.3) is 0 Å². The number of urea groups is 1. The fourth-order valence-corrected chi connectivity index (χ4v) is 3.41. The van der Waals surface area contributed by atoms with Gasteiger partial charge in [0.05, 0.1) is 35.8 Å². The highest BCUT2D eigenvalue weighted by Crippen LogP contribution is 2.31. The largest absolute Gasteiger partial charge is 0.744 e. The molecule has 178 valence electrons. The summed E-state index contributed by atoms with van der Waals surface area (Å²) in [5.74, 6) is 0. The summed E-state index contributed by atoms with van der Waals surface area (Å²) in [4.78, 5) is 12.8. The van der Waals surface area contributed by atoms with Crippen molar-refractivity contribution in [3.05, 3.63) is 53.1 Å². The van der Waals surface area contributed by atoms with E-state index in [0.29, 0.717) is 6.07 Å². The first-order valence-electron chi connectivity index (χ1n) is 9.66. The maximum absolute atomic E-state index is 12.6. The van der Waals surface area contributed by atoms with Crippen LogP contribution in [0.2, 0.25) is 5.02 Å². The number of nitrogens with one attached hydrogen (secondary N) is 3. The summed E-state index contributed by atoms with van der Waals surface area (Å²) in [5, 5.41) is 4.22. The molecule has 3 N–H and O–H groups in total. The number of amides is 2. The summed E-state index contributed by atoms with van der Waals surface area (Å²) in [7, 11) is -4.89. The number of carbonyl (C=O) groups is 1. The molecule has 0 saturated heterocycles. The van der Waals surface area contributed by atoms with Crippen LogP contribution in [0, 0.1) is 0 Å². The van der Waals surface area contributed by atoms with Gasteiger partial charge in [-0.1, -0.05) is 17.7 Å². The second-order valence-corrected chi connectivity index (χ2v) is 8.35. The van der Waals surface area contributed by atoms with E-state index >= 15 is 0 Å². The molecule has 0 aromatic heterocycles. The number of carbonyl (C=O) groups excluding carboxylic acids is 1. The van der Waals surface area contributed by atoms with Crippen LogP contribution in [0.4, 0.5) is 29.3 Å². The molecule has 2 amide bonds. The normalized spacial score (nSPS) is 11.5. The molecular formula is C20H25ClF3N3O4S. The quantitative estimate of drug-likeness (QED) is 0.530. The number of halogens is 4. The number of benzene rings is 2. The summed E-state index contributed by atoms with van der Waals surface area (Å²) in [5.41, 5.74) is -1.55. The van der Waals surface area contributed by atoms with Gasteiger partial charge >= 0.3 is 12.2 Å². The Hall–Kier alpha value is -2.34. The molecule has 0 aliphatic heterocycles. The van der Waals surface area contributed by atoms with E-state index in [4.69, 9.17) is 11.6 Å². The van der Waals surface area contributed by atoms with Crippen molar-refractivity contribution in [2.24, 2.45) is 0 Å². The summed E-state index contributed by atoms with van der Waals surface area (Å²) in [6, 6.07) is 5.84. The lowest BCUT2D eigenvalue weighted by molar-refractivity contribution is -0.894. The molecule has 2 aromatic carbocycles. The average Bonchev–Trinajstić information content (AvgIpc) is 2.68. The van der Waals surface area contributed by atoms with Crippen LogP contribution in [-0.2, 0) is 16.3 Å². The molecular weight excluding hydrogens is 471 g/mol. The van der Waals surface area contributed by atoms with Crippen molar-refractivity contribution in [2.45, 2.75) is 31.8 Å². The Kier molecular flexibility index (Phi) is 10.4. The van der Waals surface area contributed by atoms with Gasteiger partial charge in [-0.05, 0) is 57.2 Å². The van der Waals surface area contributed by atoms with E-state index in [2.05, 4.69) is 31.4 Å². The number of anilines is 2. The zero-order chi connectivity index (χ0) is 24.5. The van der Waals surface area contributed by atoms with Gasteiger partial charge in [-0.15, -0.1) is 0 Å². The lowest BCUT2D eigenvalue weighted by atomic mass is 10.2. The molecule has 32 heavy (non-hydrogen) atoms. The smallest absolute Gasteiger partial charge is 0.416 e. The number of rotatable bonds is 6. The van der Waals surface area contributed by atoms with Gasteiger partial charge in [0, 0.05) is 10.7 Å². The Balaban J connectivity index is 0.000000633. The van der Waals surface area contributed by atoms with Gasteiger partial charge in [-0.25, -0.2) is 13.2 Å². The molecule has 0 radical (unpaired) electrons. The van der Waals surface area contributed by atoms with Gasteiger partial charge in [-0.2, -0.15) is 13.2 Å². The van der Waals surface area contributed by atoms with Crippen molar-refractivity contribution in [2.75, 3.05) is 30.3 Å². The van der Waals surface area contributed by atoms with Crippen molar-refractivity contribution in [3.63, 3.8) is 0 Å². The van der Waals surface area contributed by atoms with Gasteiger partial charge < -0.3 is 20.1 Å². The van der Waals surface area contributed by atoms with E-state index in [1.54, 1.807) is 4.90 Å². The monoisotopic (exact) mass is 495 g/mol. The maximum atomic E-state index is 12.6. The molecule has 0 bridgehead atoms. The minimum atomic E-state index is -4.89. The van der Waals surface area contributed by atoms with Gasteiger partial charge in [0.2, 0.25) is 0 Å².